The van der Waals surface area contributed by atoms with Crippen molar-refractivity contribution in [2.24, 2.45) is 0 Å². The molecule has 0 saturated heterocycles. The van der Waals surface area contributed by atoms with Crippen LogP contribution in [0.15, 0.2) is 24.3 Å². The second-order valence-corrected chi connectivity index (χ2v) is 4.90. The number of nitriles is 2. The van der Waals surface area contributed by atoms with Crippen LogP contribution in [0.1, 0.15) is 25.3 Å². The zero-order valence-electron chi connectivity index (χ0n) is 14.0. The van der Waals surface area contributed by atoms with E-state index in [0.29, 0.717) is 11.5 Å². The quantitative estimate of drug-likeness (QED) is 0.696. The molecule has 0 spiro atoms. The van der Waals surface area contributed by atoms with Gasteiger partial charge in [0.05, 0.1) is 32.1 Å². The minimum Gasteiger partial charge on any atom is -0.493 e. The lowest BCUT2D eigenvalue weighted by Gasteiger charge is -2.20. The third-order valence-electron chi connectivity index (χ3n) is 3.24. The SMILES string of the molecule is CC=Cc1ccc(OCC(=O)N(CCC#N)CCC#N)c(OC)c1. The number of methoxy groups -OCH3 is 1. The number of rotatable bonds is 9. The normalized spacial score (nSPS) is 10.0. The van der Waals surface area contributed by atoms with Crippen molar-refractivity contribution in [3.05, 3.63) is 29.8 Å². The predicted molar refractivity (Wildman–Crippen MR) is 90.2 cm³/mol. The minimum absolute atomic E-state index is 0.170. The van der Waals surface area contributed by atoms with E-state index < -0.39 is 0 Å². The van der Waals surface area contributed by atoms with Crippen LogP contribution in [-0.4, -0.2) is 37.6 Å². The Hall–Kier alpha value is -2.99. The molecule has 24 heavy (non-hydrogen) atoms. The molecule has 1 aromatic carbocycles. The highest BCUT2D eigenvalue weighted by atomic mass is 16.5. The van der Waals surface area contributed by atoms with Gasteiger partial charge in [-0.05, 0) is 24.6 Å². The molecule has 0 atom stereocenters. The fourth-order valence-electron chi connectivity index (χ4n) is 2.06. The molecule has 6 heteroatoms. The highest BCUT2D eigenvalue weighted by Crippen LogP contribution is 2.28. The van der Waals surface area contributed by atoms with E-state index in [2.05, 4.69) is 0 Å². The van der Waals surface area contributed by atoms with Gasteiger partial charge >= 0.3 is 0 Å². The van der Waals surface area contributed by atoms with Crippen molar-refractivity contribution in [3.8, 4) is 23.6 Å². The Morgan fingerprint density at radius 1 is 1.21 bits per heavy atom. The lowest BCUT2D eigenvalue weighted by molar-refractivity contribution is -0.133. The number of hydrogen-bond acceptors (Lipinski definition) is 5. The molecule has 0 aromatic heterocycles. The molecular formula is C18H21N3O3. The van der Waals surface area contributed by atoms with E-state index in [1.54, 1.807) is 6.07 Å². The molecule has 1 rings (SSSR count). The molecule has 1 amide bonds. The van der Waals surface area contributed by atoms with Crippen molar-refractivity contribution < 1.29 is 14.3 Å². The van der Waals surface area contributed by atoms with Crippen LogP contribution >= 0.6 is 0 Å². The second kappa shape index (κ2) is 10.7. The first-order valence-electron chi connectivity index (χ1n) is 7.61. The van der Waals surface area contributed by atoms with Gasteiger partial charge in [-0.15, -0.1) is 0 Å². The number of nitrogens with zero attached hydrogens (tertiary/aromatic N) is 3. The van der Waals surface area contributed by atoms with Crippen molar-refractivity contribution in [2.45, 2.75) is 19.8 Å². The molecule has 0 radical (unpaired) electrons. The first-order chi connectivity index (χ1) is 11.7. The summed E-state index contributed by atoms with van der Waals surface area (Å²) in [5.41, 5.74) is 0.970. The molecule has 0 bridgehead atoms. The third kappa shape index (κ3) is 6.02. The number of allylic oxidation sites excluding steroid dienone is 1. The Kier molecular flexibility index (Phi) is 8.49. The molecule has 0 aliphatic rings. The number of carbonyl (C=O) groups is 1. The zero-order valence-corrected chi connectivity index (χ0v) is 14.0. The summed E-state index contributed by atoms with van der Waals surface area (Å²) in [6, 6.07) is 9.43. The van der Waals surface area contributed by atoms with E-state index >= 15 is 0 Å². The van der Waals surface area contributed by atoms with E-state index in [1.165, 1.54) is 12.0 Å². The fraction of sp³-hybridized carbons (Fsp3) is 0.389. The van der Waals surface area contributed by atoms with E-state index in [9.17, 15) is 4.79 Å². The Morgan fingerprint density at radius 2 is 1.88 bits per heavy atom. The number of carbonyl (C=O) groups excluding carboxylic acids is 1. The molecule has 1 aromatic rings. The topological polar surface area (TPSA) is 86.4 Å². The van der Waals surface area contributed by atoms with Crippen LogP contribution in [0.25, 0.3) is 6.08 Å². The van der Waals surface area contributed by atoms with Gasteiger partial charge in [-0.25, -0.2) is 0 Å². The summed E-state index contributed by atoms with van der Waals surface area (Å²) in [5.74, 6) is 0.749. The van der Waals surface area contributed by atoms with Crippen molar-refractivity contribution in [2.75, 3.05) is 26.8 Å². The summed E-state index contributed by atoms with van der Waals surface area (Å²) in [6.45, 7) is 2.33. The fourth-order valence-corrected chi connectivity index (χ4v) is 2.06. The largest absolute Gasteiger partial charge is 0.493 e. The van der Waals surface area contributed by atoms with Crippen LogP contribution in [0.2, 0.25) is 0 Å². The Labute approximate surface area is 142 Å². The second-order valence-electron chi connectivity index (χ2n) is 4.90. The Bertz CT molecular complexity index is 638. The molecule has 0 aliphatic heterocycles. The van der Waals surface area contributed by atoms with E-state index in [4.69, 9.17) is 20.0 Å². The maximum Gasteiger partial charge on any atom is 0.260 e. The zero-order chi connectivity index (χ0) is 17.8. The van der Waals surface area contributed by atoms with Gasteiger partial charge in [-0.1, -0.05) is 18.2 Å². The molecule has 6 nitrogen and oxygen atoms in total. The van der Waals surface area contributed by atoms with Crippen molar-refractivity contribution in [1.29, 1.82) is 10.5 Å². The highest BCUT2D eigenvalue weighted by molar-refractivity contribution is 5.78. The molecule has 0 N–H and O–H groups in total. The van der Waals surface area contributed by atoms with E-state index in [0.717, 1.165) is 5.56 Å². The smallest absolute Gasteiger partial charge is 0.260 e. The molecule has 0 aliphatic carbocycles. The van der Waals surface area contributed by atoms with Crippen LogP contribution in [0.4, 0.5) is 0 Å². The standard InChI is InChI=1S/C18H21N3O3/c1-3-6-15-7-8-16(17(13-15)23-2)24-14-18(22)21(11-4-9-19)12-5-10-20/h3,6-8,13H,4-5,11-12,14H2,1-2H3. The van der Waals surface area contributed by atoms with Gasteiger partial charge in [-0.2, -0.15) is 10.5 Å². The van der Waals surface area contributed by atoms with Crippen LogP contribution in [-0.2, 0) is 4.79 Å². The van der Waals surface area contributed by atoms with Gasteiger partial charge in [-0.3, -0.25) is 4.79 Å². The van der Waals surface area contributed by atoms with Gasteiger partial charge in [0.2, 0.25) is 0 Å². The first kappa shape index (κ1) is 19.1. The average Bonchev–Trinajstić information content (AvgIpc) is 2.60. The average molecular weight is 327 g/mol. The van der Waals surface area contributed by atoms with Crippen LogP contribution in [0, 0.1) is 22.7 Å². The monoisotopic (exact) mass is 327 g/mol. The summed E-state index contributed by atoms with van der Waals surface area (Å²) < 4.78 is 10.8. The van der Waals surface area contributed by atoms with Crippen LogP contribution in [0.5, 0.6) is 11.5 Å². The maximum absolute atomic E-state index is 12.2. The summed E-state index contributed by atoms with van der Waals surface area (Å²) in [5, 5.41) is 17.3. The molecular weight excluding hydrogens is 306 g/mol. The van der Waals surface area contributed by atoms with Gasteiger partial charge in [0, 0.05) is 13.1 Å². The molecule has 0 fully saturated rings. The van der Waals surface area contributed by atoms with E-state index in [-0.39, 0.29) is 38.4 Å². The first-order valence-corrected chi connectivity index (χ1v) is 7.61. The van der Waals surface area contributed by atoms with Gasteiger partial charge in [0.15, 0.2) is 18.1 Å². The van der Waals surface area contributed by atoms with Gasteiger partial charge in [0.1, 0.15) is 0 Å². The molecule has 126 valence electrons. The van der Waals surface area contributed by atoms with Gasteiger partial charge in [0.25, 0.3) is 5.91 Å². The van der Waals surface area contributed by atoms with Crippen LogP contribution in [0.3, 0.4) is 0 Å². The maximum atomic E-state index is 12.2. The molecule has 0 heterocycles. The van der Waals surface area contributed by atoms with Crippen LogP contribution < -0.4 is 9.47 Å². The Morgan fingerprint density at radius 3 is 2.42 bits per heavy atom. The number of hydrogen-bond donors (Lipinski definition) is 0. The third-order valence-corrected chi connectivity index (χ3v) is 3.24. The lowest BCUT2D eigenvalue weighted by atomic mass is 10.2. The molecule has 0 saturated carbocycles. The highest BCUT2D eigenvalue weighted by Gasteiger charge is 2.15. The number of amides is 1. The van der Waals surface area contributed by atoms with Crippen molar-refractivity contribution in [1.82, 2.24) is 4.90 Å². The summed E-state index contributed by atoms with van der Waals surface area (Å²) in [6.07, 6.45) is 4.29. The van der Waals surface area contributed by atoms with E-state index in [1.807, 2.05) is 43.3 Å². The Balaban J connectivity index is 2.73. The van der Waals surface area contributed by atoms with Crippen molar-refractivity contribution >= 4 is 12.0 Å². The number of benzene rings is 1. The summed E-state index contributed by atoms with van der Waals surface area (Å²) in [4.78, 5) is 13.7. The predicted octanol–water partition coefficient (Wildman–Crippen LogP) is 2.76. The minimum atomic E-state index is -0.264. The summed E-state index contributed by atoms with van der Waals surface area (Å²) >= 11 is 0. The van der Waals surface area contributed by atoms with Gasteiger partial charge < -0.3 is 14.4 Å². The number of ether oxygens (including phenoxy) is 2. The summed E-state index contributed by atoms with van der Waals surface area (Å²) in [7, 11) is 1.54. The van der Waals surface area contributed by atoms with Crippen molar-refractivity contribution in [3.63, 3.8) is 0 Å². The lowest BCUT2D eigenvalue weighted by Crippen LogP contribution is -2.36. The molecule has 0 unspecified atom stereocenters.